The molecule has 3 amide bonds. The van der Waals surface area contributed by atoms with Crippen molar-refractivity contribution in [2.45, 2.75) is 75.5 Å². The Morgan fingerprint density at radius 1 is 1.14 bits per heavy atom. The van der Waals surface area contributed by atoms with E-state index in [1.54, 1.807) is 20.2 Å². The SMILES string of the molecule is COc1ccc(-c2nn([C@@H]3C[C@H]4C(=O)N[C@]5(C(=O)O)C[C@H]5C=CCCCCC[C@H](NC(=O)c5cc(C)on5)C(=O)N4C3)nc2-c2nccs2)cc1. The number of carbonyl (C=O) groups excluding carboxylic acids is 3. The van der Waals surface area contributed by atoms with Crippen LogP contribution in [-0.2, 0) is 14.4 Å². The van der Waals surface area contributed by atoms with Crippen LogP contribution in [0.15, 0.2) is 58.6 Å². The van der Waals surface area contributed by atoms with E-state index < -0.39 is 47.4 Å². The second kappa shape index (κ2) is 14.1. The van der Waals surface area contributed by atoms with Crippen LogP contribution in [0.3, 0.4) is 0 Å². The molecule has 0 unspecified atom stereocenters. The highest BCUT2D eigenvalue weighted by Gasteiger charge is 2.61. The molecular weight excluding hydrogens is 677 g/mol. The molecule has 2 fully saturated rings. The highest BCUT2D eigenvalue weighted by Crippen LogP contribution is 2.46. The van der Waals surface area contributed by atoms with Gasteiger partial charge in [0.1, 0.15) is 45.5 Å². The number of carbonyl (C=O) groups is 4. The van der Waals surface area contributed by atoms with Crippen LogP contribution >= 0.6 is 11.3 Å². The van der Waals surface area contributed by atoms with Crippen molar-refractivity contribution in [1.82, 2.24) is 40.7 Å². The van der Waals surface area contributed by atoms with Crippen LogP contribution in [0.25, 0.3) is 22.0 Å². The number of aromatic nitrogens is 5. The first-order valence-corrected chi connectivity index (χ1v) is 17.8. The number of ether oxygens (including phenoxy) is 1. The lowest BCUT2D eigenvalue weighted by Gasteiger charge is -2.29. The predicted molar refractivity (Wildman–Crippen MR) is 184 cm³/mol. The standard InChI is InChI=1S/C35H38N8O7S/c1-20-16-26(41-50-20)30(44)37-25-9-7-5-3-4-6-8-22-18-35(22,34(47)48)38-31(45)27-17-23(19-42(27)33(25)46)43-39-28(21-10-12-24(49-2)13-11-21)29(40-43)32-36-14-15-51-32/h6,8,10-16,22-23,25,27H,3-5,7,9,17-19H2,1-2H3,(H,37,44)(H,38,45)(H,47,48)/t22-,23-,25+,27+,35-/m1/s1. The van der Waals surface area contributed by atoms with E-state index in [1.807, 2.05) is 41.8 Å². The number of allylic oxidation sites excluding steroid dienone is 1. The molecule has 3 aliphatic rings. The smallest absolute Gasteiger partial charge is 0.330 e. The van der Waals surface area contributed by atoms with Gasteiger partial charge in [0.15, 0.2) is 5.69 Å². The number of aliphatic carboxylic acids is 1. The number of carboxylic acid groups (broad SMARTS) is 1. The fraction of sp³-hybridized carbons (Fsp3) is 0.429. The molecule has 1 aliphatic carbocycles. The molecule has 1 saturated heterocycles. The summed E-state index contributed by atoms with van der Waals surface area (Å²) in [5.74, 6) is -1.97. The zero-order valence-electron chi connectivity index (χ0n) is 28.2. The van der Waals surface area contributed by atoms with Gasteiger partial charge in [-0.25, -0.2) is 9.78 Å². The summed E-state index contributed by atoms with van der Waals surface area (Å²) in [6, 6.07) is 6.29. The summed E-state index contributed by atoms with van der Waals surface area (Å²) in [7, 11) is 1.59. The van der Waals surface area contributed by atoms with Crippen LogP contribution in [-0.4, -0.2) is 90.1 Å². The van der Waals surface area contributed by atoms with E-state index in [4.69, 9.17) is 19.5 Å². The maximum absolute atomic E-state index is 14.5. The average molecular weight is 715 g/mol. The van der Waals surface area contributed by atoms with Crippen molar-refractivity contribution in [2.75, 3.05) is 13.7 Å². The van der Waals surface area contributed by atoms with E-state index in [2.05, 4.69) is 20.8 Å². The van der Waals surface area contributed by atoms with E-state index in [0.29, 0.717) is 40.7 Å². The topological polar surface area (TPSA) is 195 Å². The van der Waals surface area contributed by atoms with Gasteiger partial charge in [0.05, 0.1) is 13.2 Å². The van der Waals surface area contributed by atoms with E-state index in [0.717, 1.165) is 24.8 Å². The molecule has 5 heterocycles. The van der Waals surface area contributed by atoms with Crippen LogP contribution < -0.4 is 15.4 Å². The Balaban J connectivity index is 1.24. The number of thiazole rings is 1. The zero-order valence-corrected chi connectivity index (χ0v) is 29.0. The van der Waals surface area contributed by atoms with Crippen molar-refractivity contribution in [3.8, 4) is 27.7 Å². The molecule has 1 saturated carbocycles. The fourth-order valence-electron chi connectivity index (χ4n) is 6.86. The molecule has 2 aliphatic heterocycles. The number of methoxy groups -OCH3 is 1. The van der Waals surface area contributed by atoms with Crippen molar-refractivity contribution in [3.05, 3.63) is 65.5 Å². The minimum absolute atomic E-state index is 0.0413. The molecule has 266 valence electrons. The van der Waals surface area contributed by atoms with Crippen molar-refractivity contribution in [3.63, 3.8) is 0 Å². The molecule has 15 nitrogen and oxygen atoms in total. The Bertz CT molecular complexity index is 1960. The molecule has 0 spiro atoms. The molecular formula is C35H38N8O7S. The summed E-state index contributed by atoms with van der Waals surface area (Å²) in [5, 5.41) is 31.9. The zero-order chi connectivity index (χ0) is 35.7. The van der Waals surface area contributed by atoms with Crippen molar-refractivity contribution in [2.24, 2.45) is 5.92 Å². The Morgan fingerprint density at radius 3 is 2.65 bits per heavy atom. The molecule has 1 aromatic carbocycles. The highest BCUT2D eigenvalue weighted by molar-refractivity contribution is 7.13. The Kier molecular flexibility index (Phi) is 9.42. The first-order valence-electron chi connectivity index (χ1n) is 16.9. The summed E-state index contributed by atoms with van der Waals surface area (Å²) < 4.78 is 10.4. The summed E-state index contributed by atoms with van der Waals surface area (Å²) in [4.78, 5) is 61.8. The first-order chi connectivity index (χ1) is 24.7. The number of carboxylic acids is 1. The number of rotatable bonds is 7. The Morgan fingerprint density at radius 2 is 1.94 bits per heavy atom. The number of hydrogen-bond acceptors (Lipinski definition) is 11. The molecule has 51 heavy (non-hydrogen) atoms. The number of fused-ring (bicyclic) bond motifs is 2. The van der Waals surface area contributed by atoms with Gasteiger partial charge in [-0.15, -0.1) is 16.4 Å². The third-order valence-corrected chi connectivity index (χ3v) is 10.5. The summed E-state index contributed by atoms with van der Waals surface area (Å²) in [5.41, 5.74) is 0.470. The van der Waals surface area contributed by atoms with E-state index in [9.17, 15) is 24.3 Å². The molecule has 3 aromatic heterocycles. The molecule has 3 N–H and O–H groups in total. The van der Waals surface area contributed by atoms with E-state index in [1.165, 1.54) is 27.1 Å². The maximum Gasteiger partial charge on any atom is 0.330 e. The van der Waals surface area contributed by atoms with Gasteiger partial charge in [0, 0.05) is 42.1 Å². The van der Waals surface area contributed by atoms with Gasteiger partial charge < -0.3 is 29.9 Å². The Labute approximate surface area is 297 Å². The number of aryl methyl sites for hydroxylation is 1. The lowest BCUT2D eigenvalue weighted by atomic mass is 10.0. The minimum atomic E-state index is -1.46. The fourth-order valence-corrected chi connectivity index (χ4v) is 7.49. The molecule has 16 heteroatoms. The monoisotopic (exact) mass is 714 g/mol. The van der Waals surface area contributed by atoms with Crippen LogP contribution in [0.2, 0.25) is 0 Å². The molecule has 4 aromatic rings. The summed E-state index contributed by atoms with van der Waals surface area (Å²) in [6.07, 6.45) is 9.20. The van der Waals surface area contributed by atoms with Crippen molar-refractivity contribution < 1.29 is 33.5 Å². The van der Waals surface area contributed by atoms with Crippen molar-refractivity contribution in [1.29, 1.82) is 0 Å². The maximum atomic E-state index is 14.5. The van der Waals surface area contributed by atoms with Gasteiger partial charge in [0.2, 0.25) is 11.8 Å². The third kappa shape index (κ3) is 6.87. The normalized spacial score (nSPS) is 25.3. The number of amides is 3. The number of nitrogens with zero attached hydrogens (tertiary/aromatic N) is 6. The van der Waals surface area contributed by atoms with Gasteiger partial charge in [-0.1, -0.05) is 30.2 Å². The first kappa shape index (κ1) is 34.1. The number of hydrogen-bond donors (Lipinski definition) is 3. The van der Waals surface area contributed by atoms with E-state index in [-0.39, 0.29) is 31.0 Å². The lowest BCUT2D eigenvalue weighted by molar-refractivity contribution is -0.145. The van der Waals surface area contributed by atoms with E-state index >= 15 is 0 Å². The number of nitrogens with one attached hydrogen (secondary N) is 2. The quantitative estimate of drug-likeness (QED) is 0.236. The van der Waals surface area contributed by atoms with Crippen LogP contribution in [0.4, 0.5) is 0 Å². The summed E-state index contributed by atoms with van der Waals surface area (Å²) >= 11 is 1.41. The third-order valence-electron chi connectivity index (χ3n) is 9.76. The molecule has 0 bridgehead atoms. The predicted octanol–water partition coefficient (Wildman–Crippen LogP) is 3.79. The highest BCUT2D eigenvalue weighted by atomic mass is 32.1. The Hall–Kier alpha value is -5.38. The molecule has 7 rings (SSSR count). The minimum Gasteiger partial charge on any atom is -0.497 e. The second-order valence-corrected chi connectivity index (χ2v) is 14.1. The van der Waals surface area contributed by atoms with Gasteiger partial charge in [-0.05, 0) is 56.9 Å². The lowest BCUT2D eigenvalue weighted by Crippen LogP contribution is -2.56. The molecule has 5 atom stereocenters. The largest absolute Gasteiger partial charge is 0.497 e. The van der Waals surface area contributed by atoms with Crippen molar-refractivity contribution >= 4 is 35.0 Å². The molecule has 0 radical (unpaired) electrons. The van der Waals surface area contributed by atoms with Crippen LogP contribution in [0, 0.1) is 12.8 Å². The summed E-state index contributed by atoms with van der Waals surface area (Å²) in [6.45, 7) is 1.71. The second-order valence-electron chi connectivity index (χ2n) is 13.2. The van der Waals surface area contributed by atoms with Gasteiger partial charge >= 0.3 is 5.97 Å². The average Bonchev–Trinajstić information content (AvgIpc) is 3.74. The van der Waals surface area contributed by atoms with Gasteiger partial charge in [-0.2, -0.15) is 9.90 Å². The van der Waals surface area contributed by atoms with Crippen LogP contribution in [0.5, 0.6) is 5.75 Å². The number of benzene rings is 1. The van der Waals surface area contributed by atoms with Gasteiger partial charge in [0.25, 0.3) is 5.91 Å². The van der Waals surface area contributed by atoms with Crippen LogP contribution in [0.1, 0.15) is 67.2 Å². The van der Waals surface area contributed by atoms with Gasteiger partial charge in [-0.3, -0.25) is 14.4 Å².